The second kappa shape index (κ2) is 7.73. The molecule has 3 aromatic carbocycles. The zero-order valence-corrected chi connectivity index (χ0v) is 15.1. The van der Waals surface area contributed by atoms with Crippen molar-refractivity contribution in [1.82, 2.24) is 0 Å². The molecule has 3 aromatic rings. The molecule has 0 saturated heterocycles. The summed E-state index contributed by atoms with van der Waals surface area (Å²) in [6, 6.07) is 24.0. The van der Waals surface area contributed by atoms with Crippen molar-refractivity contribution in [1.29, 1.82) is 0 Å². The topological polar surface area (TPSA) is 17.1 Å². The maximum Gasteiger partial charge on any atom is 0.167 e. The molecule has 0 radical (unpaired) electrons. The second-order valence-corrected chi connectivity index (χ2v) is 7.37. The van der Waals surface area contributed by atoms with Crippen LogP contribution in [0.1, 0.15) is 21.5 Å². The quantitative estimate of drug-likeness (QED) is 0.458. The van der Waals surface area contributed by atoms with Gasteiger partial charge in [-0.25, -0.2) is 0 Å². The molecule has 0 fully saturated rings. The molecule has 1 nitrogen and oxygen atoms in total. The maximum absolute atomic E-state index is 12.4. The molecule has 0 aromatic heterocycles. The molecule has 120 valence electrons. The Balaban J connectivity index is 1.67. The molecule has 3 heteroatoms. The molecule has 0 aliphatic heterocycles. The zero-order chi connectivity index (χ0) is 16.9. The molecule has 0 unspecified atom stereocenters. The largest absolute Gasteiger partial charge is 0.294 e. The van der Waals surface area contributed by atoms with Crippen molar-refractivity contribution in [2.24, 2.45) is 0 Å². The smallest absolute Gasteiger partial charge is 0.167 e. The Hall–Kier alpha value is -1.97. The number of hydrogen-bond acceptors (Lipinski definition) is 3. The number of rotatable bonds is 5. The van der Waals surface area contributed by atoms with Crippen LogP contribution in [0.15, 0.2) is 87.5 Å². The van der Waals surface area contributed by atoms with E-state index in [9.17, 15) is 4.79 Å². The normalized spacial score (nSPS) is 10.6. The number of Topliss-reactive ketones (excluding diaryl/α,β-unsaturated/α-hetero) is 1. The first-order valence-corrected chi connectivity index (χ1v) is 9.02. The van der Waals surface area contributed by atoms with Gasteiger partial charge < -0.3 is 0 Å². The Bertz CT molecular complexity index is 836. The summed E-state index contributed by atoms with van der Waals surface area (Å²) in [5, 5.41) is 0. The number of aryl methyl sites for hydroxylation is 1. The fraction of sp³-hybridized carbons (Fsp3) is 0.0952. The third kappa shape index (κ3) is 4.53. The number of hydrogen-bond donors (Lipinski definition) is 1. The van der Waals surface area contributed by atoms with Crippen LogP contribution >= 0.6 is 24.4 Å². The Morgan fingerprint density at radius 3 is 2.17 bits per heavy atom. The SMILES string of the molecule is Cc1cccc(CC(=O)c2ccc(Sc3ccc(S)cc3)cc2)c1. The highest BCUT2D eigenvalue weighted by Gasteiger charge is 2.07. The van der Waals surface area contributed by atoms with E-state index in [2.05, 4.69) is 18.7 Å². The molecule has 0 aliphatic rings. The molecular formula is C21H18OS2. The zero-order valence-electron chi connectivity index (χ0n) is 13.4. The van der Waals surface area contributed by atoms with Crippen molar-refractivity contribution < 1.29 is 4.79 Å². The Morgan fingerprint density at radius 2 is 1.54 bits per heavy atom. The fourth-order valence-corrected chi connectivity index (χ4v) is 3.43. The average molecular weight is 351 g/mol. The van der Waals surface area contributed by atoms with Crippen molar-refractivity contribution >= 4 is 30.2 Å². The van der Waals surface area contributed by atoms with Crippen molar-refractivity contribution in [3.05, 3.63) is 89.5 Å². The molecule has 0 N–H and O–H groups in total. The van der Waals surface area contributed by atoms with Gasteiger partial charge in [-0.3, -0.25) is 4.79 Å². The standard InChI is InChI=1S/C21H18OS2/c1-15-3-2-4-16(13-15)14-21(22)17-5-9-19(10-6-17)24-20-11-7-18(23)8-12-20/h2-13,23H,14H2,1H3. The molecule has 3 rings (SSSR count). The molecule has 0 amide bonds. The highest BCUT2D eigenvalue weighted by atomic mass is 32.2. The maximum atomic E-state index is 12.4. The first kappa shape index (κ1) is 16.9. The van der Waals surface area contributed by atoms with Crippen LogP contribution in [0.3, 0.4) is 0 Å². The summed E-state index contributed by atoms with van der Waals surface area (Å²) in [6.07, 6.45) is 0.442. The van der Waals surface area contributed by atoms with Crippen LogP contribution in [0.5, 0.6) is 0 Å². The van der Waals surface area contributed by atoms with Gasteiger partial charge in [0.2, 0.25) is 0 Å². The average Bonchev–Trinajstić information content (AvgIpc) is 2.57. The van der Waals surface area contributed by atoms with Crippen LogP contribution in [0, 0.1) is 6.92 Å². The van der Waals surface area contributed by atoms with E-state index in [1.165, 1.54) is 5.56 Å². The first-order chi connectivity index (χ1) is 11.6. The molecule has 0 saturated carbocycles. The van der Waals surface area contributed by atoms with Crippen molar-refractivity contribution in [2.45, 2.75) is 28.0 Å². The van der Waals surface area contributed by atoms with E-state index in [-0.39, 0.29) is 5.78 Å². The van der Waals surface area contributed by atoms with E-state index >= 15 is 0 Å². The number of benzene rings is 3. The third-order valence-electron chi connectivity index (χ3n) is 3.70. The van der Waals surface area contributed by atoms with E-state index in [1.807, 2.05) is 73.7 Å². The van der Waals surface area contributed by atoms with E-state index in [1.54, 1.807) is 11.8 Å². The van der Waals surface area contributed by atoms with Gasteiger partial charge in [0.25, 0.3) is 0 Å². The summed E-state index contributed by atoms with van der Waals surface area (Å²) in [6.45, 7) is 2.04. The molecule has 0 heterocycles. The Kier molecular flexibility index (Phi) is 5.44. The lowest BCUT2D eigenvalue weighted by Crippen LogP contribution is -2.03. The highest BCUT2D eigenvalue weighted by molar-refractivity contribution is 7.99. The molecule has 24 heavy (non-hydrogen) atoms. The van der Waals surface area contributed by atoms with Gasteiger partial charge >= 0.3 is 0 Å². The summed E-state index contributed by atoms with van der Waals surface area (Å²) in [7, 11) is 0. The molecule has 0 atom stereocenters. The van der Waals surface area contributed by atoms with Gasteiger partial charge in [-0.15, -0.1) is 12.6 Å². The van der Waals surface area contributed by atoms with E-state index in [4.69, 9.17) is 0 Å². The fourth-order valence-electron chi connectivity index (χ4n) is 2.47. The van der Waals surface area contributed by atoms with E-state index in [0.717, 1.165) is 25.8 Å². The summed E-state index contributed by atoms with van der Waals surface area (Å²) in [4.78, 5) is 15.7. The van der Waals surface area contributed by atoms with Gasteiger partial charge in [-0.1, -0.05) is 53.7 Å². The summed E-state index contributed by atoms with van der Waals surface area (Å²) < 4.78 is 0. The lowest BCUT2D eigenvalue weighted by Gasteiger charge is -2.05. The lowest BCUT2D eigenvalue weighted by molar-refractivity contribution is 0.0993. The number of ketones is 1. The van der Waals surface area contributed by atoms with Gasteiger partial charge in [0.15, 0.2) is 5.78 Å². The molecule has 0 bridgehead atoms. The lowest BCUT2D eigenvalue weighted by atomic mass is 10.0. The molecule has 0 spiro atoms. The molecule has 0 aliphatic carbocycles. The van der Waals surface area contributed by atoms with E-state index in [0.29, 0.717) is 6.42 Å². The van der Waals surface area contributed by atoms with Crippen molar-refractivity contribution in [2.75, 3.05) is 0 Å². The predicted molar refractivity (Wildman–Crippen MR) is 103 cm³/mol. The Morgan fingerprint density at radius 1 is 0.917 bits per heavy atom. The number of thiol groups is 1. The van der Waals surface area contributed by atoms with Gasteiger partial charge in [0, 0.05) is 26.7 Å². The minimum absolute atomic E-state index is 0.150. The minimum Gasteiger partial charge on any atom is -0.294 e. The van der Waals surface area contributed by atoms with Gasteiger partial charge in [-0.2, -0.15) is 0 Å². The summed E-state index contributed by atoms with van der Waals surface area (Å²) in [5.41, 5.74) is 3.00. The van der Waals surface area contributed by atoms with Crippen LogP contribution in [0.4, 0.5) is 0 Å². The van der Waals surface area contributed by atoms with Crippen LogP contribution in [-0.2, 0) is 6.42 Å². The van der Waals surface area contributed by atoms with Gasteiger partial charge in [0.05, 0.1) is 0 Å². The Labute approximate surface area is 152 Å². The van der Waals surface area contributed by atoms with Crippen molar-refractivity contribution in [3.8, 4) is 0 Å². The number of carbonyl (C=O) groups is 1. The van der Waals surface area contributed by atoms with Crippen LogP contribution in [-0.4, -0.2) is 5.78 Å². The monoisotopic (exact) mass is 350 g/mol. The molecular weight excluding hydrogens is 332 g/mol. The number of carbonyl (C=O) groups excluding carboxylic acids is 1. The van der Waals surface area contributed by atoms with Crippen LogP contribution < -0.4 is 0 Å². The van der Waals surface area contributed by atoms with Gasteiger partial charge in [0.1, 0.15) is 0 Å². The minimum atomic E-state index is 0.150. The third-order valence-corrected chi connectivity index (χ3v) is 5.01. The predicted octanol–water partition coefficient (Wildman–Crippen LogP) is 5.86. The van der Waals surface area contributed by atoms with Gasteiger partial charge in [-0.05, 0) is 48.9 Å². The van der Waals surface area contributed by atoms with Crippen LogP contribution in [0.25, 0.3) is 0 Å². The second-order valence-electron chi connectivity index (χ2n) is 5.71. The summed E-state index contributed by atoms with van der Waals surface area (Å²) in [5.74, 6) is 0.150. The van der Waals surface area contributed by atoms with E-state index < -0.39 is 0 Å². The van der Waals surface area contributed by atoms with Crippen molar-refractivity contribution in [3.63, 3.8) is 0 Å². The first-order valence-electron chi connectivity index (χ1n) is 7.76. The van der Waals surface area contributed by atoms with Crippen LogP contribution in [0.2, 0.25) is 0 Å². The highest BCUT2D eigenvalue weighted by Crippen LogP contribution is 2.28. The summed E-state index contributed by atoms with van der Waals surface area (Å²) >= 11 is 5.97.